The van der Waals surface area contributed by atoms with Crippen molar-refractivity contribution in [3.63, 3.8) is 0 Å². The summed E-state index contributed by atoms with van der Waals surface area (Å²) in [5.74, 6) is 0.698. The summed E-state index contributed by atoms with van der Waals surface area (Å²) < 4.78 is 0. The molecule has 52 heavy (non-hydrogen) atoms. The van der Waals surface area contributed by atoms with E-state index >= 15 is 0 Å². The van der Waals surface area contributed by atoms with Crippen molar-refractivity contribution >= 4 is 43.4 Å². The van der Waals surface area contributed by atoms with Crippen LogP contribution in [0.5, 0.6) is 0 Å². The van der Waals surface area contributed by atoms with Gasteiger partial charge in [-0.2, -0.15) is 0 Å². The van der Waals surface area contributed by atoms with Crippen molar-refractivity contribution in [1.82, 2.24) is 19.9 Å². The fourth-order valence-corrected chi connectivity index (χ4v) is 7.29. The first-order chi connectivity index (χ1) is 25.7. The van der Waals surface area contributed by atoms with E-state index in [2.05, 4.69) is 157 Å². The second kappa shape index (κ2) is 12.4. The minimum Gasteiger partial charge on any atom is -0.254 e. The molecule has 0 aliphatic carbocycles. The van der Waals surface area contributed by atoms with Gasteiger partial charge in [0, 0.05) is 39.2 Å². The second-order valence-electron chi connectivity index (χ2n) is 13.1. The maximum absolute atomic E-state index is 5.18. The van der Waals surface area contributed by atoms with Gasteiger partial charge in [0.2, 0.25) is 0 Å². The van der Waals surface area contributed by atoms with Gasteiger partial charge in [0.05, 0.1) is 28.1 Å². The number of aromatic nitrogens is 4. The van der Waals surface area contributed by atoms with Crippen molar-refractivity contribution in [2.45, 2.75) is 0 Å². The summed E-state index contributed by atoms with van der Waals surface area (Å²) in [6, 6.07) is 61.5. The van der Waals surface area contributed by atoms with Gasteiger partial charge in [-0.05, 0) is 63.0 Å². The Labute approximate surface area is 300 Å². The highest BCUT2D eigenvalue weighted by Gasteiger charge is 2.15. The third kappa shape index (κ3) is 5.26. The Hall–Kier alpha value is -7.04. The molecule has 3 aromatic heterocycles. The van der Waals surface area contributed by atoms with Crippen LogP contribution >= 0.6 is 0 Å². The maximum atomic E-state index is 5.18. The van der Waals surface area contributed by atoms with Crippen LogP contribution in [-0.2, 0) is 0 Å². The first-order valence-corrected chi connectivity index (χ1v) is 17.5. The van der Waals surface area contributed by atoms with Crippen molar-refractivity contribution in [3.8, 4) is 56.3 Å². The topological polar surface area (TPSA) is 51.6 Å². The predicted molar refractivity (Wildman–Crippen MR) is 215 cm³/mol. The highest BCUT2D eigenvalue weighted by atomic mass is 14.9. The quantitative estimate of drug-likeness (QED) is 0.172. The Balaban J connectivity index is 1.08. The molecule has 0 saturated heterocycles. The summed E-state index contributed by atoms with van der Waals surface area (Å²) >= 11 is 0. The van der Waals surface area contributed by atoms with E-state index in [0.29, 0.717) is 5.82 Å². The standard InChI is InChI=1S/C48H30N4/c1-3-10-31(11-4-1)39-24-25-42(41-16-8-7-15-40(39)41)45-30-44(51-48(52-45)34-12-5-2-6-13-34)38-22-20-35-28-37(21-19-36(35)29-38)43-26-23-33-18-17-32-14-9-27-49-46(32)47(33)50-43/h1-30H. The van der Waals surface area contributed by atoms with Crippen molar-refractivity contribution in [1.29, 1.82) is 0 Å². The van der Waals surface area contributed by atoms with Gasteiger partial charge >= 0.3 is 0 Å². The molecule has 0 N–H and O–H groups in total. The van der Waals surface area contributed by atoms with E-state index in [1.54, 1.807) is 0 Å². The molecule has 0 spiro atoms. The highest BCUT2D eigenvalue weighted by Crippen LogP contribution is 2.37. The molecule has 0 fully saturated rings. The van der Waals surface area contributed by atoms with Crippen molar-refractivity contribution in [3.05, 3.63) is 182 Å². The second-order valence-corrected chi connectivity index (χ2v) is 13.1. The molecule has 7 aromatic carbocycles. The van der Waals surface area contributed by atoms with Gasteiger partial charge in [0.25, 0.3) is 0 Å². The van der Waals surface area contributed by atoms with Crippen molar-refractivity contribution in [2.75, 3.05) is 0 Å². The van der Waals surface area contributed by atoms with Gasteiger partial charge < -0.3 is 0 Å². The molecule has 0 unspecified atom stereocenters. The predicted octanol–water partition coefficient (Wildman–Crippen LogP) is 12.2. The van der Waals surface area contributed by atoms with Gasteiger partial charge in [0.1, 0.15) is 0 Å². The Morgan fingerprint density at radius 3 is 1.63 bits per heavy atom. The lowest BCUT2D eigenvalue weighted by Crippen LogP contribution is -1.97. The lowest BCUT2D eigenvalue weighted by atomic mass is 9.93. The molecule has 0 saturated carbocycles. The summed E-state index contributed by atoms with van der Waals surface area (Å²) in [5.41, 5.74) is 11.1. The van der Waals surface area contributed by atoms with Crippen LogP contribution in [0.25, 0.3) is 99.6 Å². The van der Waals surface area contributed by atoms with Crippen molar-refractivity contribution in [2.24, 2.45) is 0 Å². The Morgan fingerprint density at radius 1 is 0.308 bits per heavy atom. The Morgan fingerprint density at radius 2 is 0.885 bits per heavy atom. The number of rotatable bonds is 5. The summed E-state index contributed by atoms with van der Waals surface area (Å²) in [4.78, 5) is 20.0. The lowest BCUT2D eigenvalue weighted by molar-refractivity contribution is 1.19. The molecule has 0 aliphatic rings. The van der Waals surface area contributed by atoms with E-state index in [-0.39, 0.29) is 0 Å². The first-order valence-electron chi connectivity index (χ1n) is 17.5. The van der Waals surface area contributed by atoms with E-state index in [9.17, 15) is 0 Å². The number of benzene rings is 7. The van der Waals surface area contributed by atoms with Crippen LogP contribution in [0.15, 0.2) is 182 Å². The average molecular weight is 663 g/mol. The van der Waals surface area contributed by atoms with E-state index in [4.69, 9.17) is 15.0 Å². The van der Waals surface area contributed by atoms with Gasteiger partial charge in [-0.25, -0.2) is 15.0 Å². The summed E-state index contributed by atoms with van der Waals surface area (Å²) in [5, 5.41) is 6.79. The number of fused-ring (bicyclic) bond motifs is 5. The molecule has 0 atom stereocenters. The van der Waals surface area contributed by atoms with Crippen LogP contribution in [0.1, 0.15) is 0 Å². The fraction of sp³-hybridized carbons (Fsp3) is 0. The normalized spacial score (nSPS) is 11.5. The molecule has 0 aliphatic heterocycles. The summed E-state index contributed by atoms with van der Waals surface area (Å²) in [7, 11) is 0. The number of hydrogen-bond donors (Lipinski definition) is 0. The van der Waals surface area contributed by atoms with Gasteiger partial charge in [0.15, 0.2) is 5.82 Å². The van der Waals surface area contributed by atoms with Gasteiger partial charge in [-0.15, -0.1) is 0 Å². The summed E-state index contributed by atoms with van der Waals surface area (Å²) in [6.45, 7) is 0. The van der Waals surface area contributed by atoms with Crippen LogP contribution in [0.2, 0.25) is 0 Å². The third-order valence-corrected chi connectivity index (χ3v) is 9.91. The van der Waals surface area contributed by atoms with Crippen LogP contribution in [-0.4, -0.2) is 19.9 Å². The van der Waals surface area contributed by atoms with Gasteiger partial charge in [-0.3, -0.25) is 4.98 Å². The van der Waals surface area contributed by atoms with Crippen LogP contribution in [0.3, 0.4) is 0 Å². The number of hydrogen-bond acceptors (Lipinski definition) is 4. The molecule has 0 radical (unpaired) electrons. The smallest absolute Gasteiger partial charge is 0.160 e. The molecular weight excluding hydrogens is 633 g/mol. The molecule has 3 heterocycles. The minimum absolute atomic E-state index is 0.698. The molecule has 4 heteroatoms. The molecule has 4 nitrogen and oxygen atoms in total. The van der Waals surface area contributed by atoms with E-state index in [1.165, 1.54) is 16.5 Å². The van der Waals surface area contributed by atoms with Crippen LogP contribution in [0.4, 0.5) is 0 Å². The average Bonchev–Trinajstić information content (AvgIpc) is 3.23. The first kappa shape index (κ1) is 29.8. The van der Waals surface area contributed by atoms with Crippen molar-refractivity contribution < 1.29 is 0 Å². The molecule has 10 rings (SSSR count). The van der Waals surface area contributed by atoms with Crippen LogP contribution < -0.4 is 0 Å². The summed E-state index contributed by atoms with van der Waals surface area (Å²) in [6.07, 6.45) is 1.83. The Kier molecular flexibility index (Phi) is 7.10. The highest BCUT2D eigenvalue weighted by molar-refractivity contribution is 6.05. The largest absolute Gasteiger partial charge is 0.254 e. The van der Waals surface area contributed by atoms with E-state index in [0.717, 1.165) is 77.3 Å². The maximum Gasteiger partial charge on any atom is 0.160 e. The molecule has 0 amide bonds. The number of pyridine rings is 2. The zero-order chi connectivity index (χ0) is 34.4. The zero-order valence-corrected chi connectivity index (χ0v) is 28.1. The monoisotopic (exact) mass is 662 g/mol. The lowest BCUT2D eigenvalue weighted by Gasteiger charge is -2.14. The third-order valence-electron chi connectivity index (χ3n) is 9.91. The molecule has 10 aromatic rings. The number of nitrogens with zero attached hydrogens (tertiary/aromatic N) is 4. The van der Waals surface area contributed by atoms with Gasteiger partial charge in [-0.1, -0.05) is 146 Å². The van der Waals surface area contributed by atoms with E-state index in [1.807, 2.05) is 30.5 Å². The van der Waals surface area contributed by atoms with Crippen LogP contribution in [0, 0.1) is 0 Å². The van der Waals surface area contributed by atoms with E-state index < -0.39 is 0 Å². The fourth-order valence-electron chi connectivity index (χ4n) is 7.29. The SMILES string of the molecule is c1ccc(-c2nc(-c3ccc4cc(-c5ccc6ccc7cccnc7c6n5)ccc4c3)cc(-c3ccc(-c4ccccc4)c4ccccc34)n2)cc1. The molecular formula is C48H30N4. The minimum atomic E-state index is 0.698. The Bertz CT molecular complexity index is 2960. The molecule has 0 bridgehead atoms. The molecule has 242 valence electrons. The zero-order valence-electron chi connectivity index (χ0n) is 28.1.